The molecule has 0 N–H and O–H groups in total. The number of hydrogen-bond donors (Lipinski definition) is 0. The van der Waals surface area contributed by atoms with Crippen molar-refractivity contribution in [3.63, 3.8) is 0 Å². The third-order valence-electron chi connectivity index (χ3n) is 2.94. The largest absolute Gasteiger partial charge is 0.289 e. The van der Waals surface area contributed by atoms with Gasteiger partial charge < -0.3 is 0 Å². The maximum absolute atomic E-state index is 12.7. The van der Waals surface area contributed by atoms with Crippen LogP contribution in [-0.4, -0.2) is 14.2 Å². The Morgan fingerprint density at radius 1 is 1.00 bits per heavy atom. The van der Waals surface area contributed by atoms with E-state index >= 15 is 0 Å². The van der Waals surface area contributed by atoms with E-state index in [0.29, 0.717) is 0 Å². The lowest BCUT2D eigenvalue weighted by molar-refractivity contribution is 0.0768. The number of rotatable bonds is 5. The molecule has 2 aromatic rings. The molecular weight excluding hydrogens is 380 g/mol. The fourth-order valence-corrected chi connectivity index (χ4v) is 4.43. The smallest absolute Gasteiger partial charge is 0.284 e. The number of halogens is 2. The lowest BCUT2D eigenvalue weighted by Crippen LogP contribution is -2.41. The Hall–Kier alpha value is -1.21. The zero-order chi connectivity index (χ0) is 15.5. The summed E-state index contributed by atoms with van der Waals surface area (Å²) in [5.41, 5.74) is 0.288. The average molecular weight is 390 g/mol. The minimum absolute atomic E-state index is 0.116. The molecule has 0 aromatic heterocycles. The third-order valence-corrected chi connectivity index (χ3v) is 5.48. The topological polar surface area (TPSA) is 60.4 Å². The van der Waals surface area contributed by atoms with Crippen LogP contribution in [0.2, 0.25) is 0 Å². The van der Waals surface area contributed by atoms with Crippen molar-refractivity contribution in [1.82, 2.24) is 0 Å². The normalized spacial score (nSPS) is 14.4. The second-order valence-electron chi connectivity index (χ2n) is 4.19. The zero-order valence-corrected chi connectivity index (χ0v) is 13.7. The molecule has 110 valence electrons. The molecule has 4 nitrogen and oxygen atoms in total. The van der Waals surface area contributed by atoms with Crippen LogP contribution in [-0.2, 0) is 17.8 Å². The second kappa shape index (κ2) is 6.27. The quantitative estimate of drug-likeness (QED) is 0.579. The molecule has 0 radical (unpaired) electrons. The Kier molecular flexibility index (Phi) is 4.83. The van der Waals surface area contributed by atoms with Crippen LogP contribution in [0.25, 0.3) is 0 Å². The molecule has 21 heavy (non-hydrogen) atoms. The fraction of sp³-hybridized carbons (Fsp3) is 0.0714. The van der Waals surface area contributed by atoms with Gasteiger partial charge in [-0.3, -0.25) is 8.62 Å². The first-order valence-electron chi connectivity index (χ1n) is 5.83. The standard InChI is InChI=1S/C14H10BrClO4S/c15-20-14(21(16,18)19,12-9-5-2-6-10-12)13(17)11-7-3-1-4-8-11/h1-10H. The van der Waals surface area contributed by atoms with E-state index in [-0.39, 0.29) is 11.1 Å². The van der Waals surface area contributed by atoms with Crippen molar-refractivity contribution in [2.45, 2.75) is 4.93 Å². The van der Waals surface area contributed by atoms with Crippen LogP contribution in [0.15, 0.2) is 60.7 Å². The predicted octanol–water partition coefficient (Wildman–Crippen LogP) is 3.62. The second-order valence-corrected chi connectivity index (χ2v) is 7.19. The van der Waals surface area contributed by atoms with Crippen molar-refractivity contribution >= 4 is 41.8 Å². The Bertz CT molecular complexity index is 734. The number of ketones is 1. The van der Waals surface area contributed by atoms with Gasteiger partial charge in [-0.2, -0.15) is 0 Å². The number of carbonyl (C=O) groups excluding carboxylic acids is 1. The van der Waals surface area contributed by atoms with E-state index in [4.69, 9.17) is 14.5 Å². The summed E-state index contributed by atoms with van der Waals surface area (Å²) in [4.78, 5) is 10.4. The van der Waals surface area contributed by atoms with E-state index in [1.54, 1.807) is 36.4 Å². The van der Waals surface area contributed by atoms with E-state index in [1.165, 1.54) is 24.3 Å². The molecule has 0 saturated carbocycles. The molecule has 0 heterocycles. The van der Waals surface area contributed by atoms with Gasteiger partial charge in [0.25, 0.3) is 14.0 Å². The van der Waals surface area contributed by atoms with Gasteiger partial charge in [0.15, 0.2) is 0 Å². The van der Waals surface area contributed by atoms with Crippen molar-refractivity contribution in [2.24, 2.45) is 0 Å². The third kappa shape index (κ3) is 2.89. The van der Waals surface area contributed by atoms with Gasteiger partial charge in [0.2, 0.25) is 5.78 Å². The molecule has 0 saturated heterocycles. The summed E-state index contributed by atoms with van der Waals surface area (Å²) in [6.07, 6.45) is 0. The number of carbonyl (C=O) groups is 1. The molecule has 0 aliphatic rings. The average Bonchev–Trinajstić information content (AvgIpc) is 2.49. The summed E-state index contributed by atoms with van der Waals surface area (Å²) in [7, 11) is 1.11. The van der Waals surface area contributed by atoms with Gasteiger partial charge in [0, 0.05) is 21.8 Å². The summed E-state index contributed by atoms with van der Waals surface area (Å²) < 4.78 is 29.1. The molecule has 1 unspecified atom stereocenters. The minimum atomic E-state index is -4.42. The summed E-state index contributed by atoms with van der Waals surface area (Å²) in [6, 6.07) is 15.7. The maximum Gasteiger partial charge on any atom is 0.284 e. The van der Waals surface area contributed by atoms with Crippen molar-refractivity contribution in [1.29, 1.82) is 0 Å². The van der Waals surface area contributed by atoms with E-state index in [9.17, 15) is 13.2 Å². The highest BCUT2D eigenvalue weighted by molar-refractivity contribution is 9.06. The SMILES string of the molecule is O=C(c1ccccc1)C(OBr)(c1ccccc1)S(=O)(=O)Cl. The first-order valence-corrected chi connectivity index (χ1v) is 8.78. The predicted molar refractivity (Wildman–Crippen MR) is 83.7 cm³/mol. The van der Waals surface area contributed by atoms with Gasteiger partial charge >= 0.3 is 0 Å². The first-order chi connectivity index (χ1) is 9.93. The number of hydrogen-bond acceptors (Lipinski definition) is 4. The highest BCUT2D eigenvalue weighted by atomic mass is 79.9. The molecule has 0 aliphatic carbocycles. The van der Waals surface area contributed by atoms with Gasteiger partial charge in [0.1, 0.15) is 16.3 Å². The highest BCUT2D eigenvalue weighted by Gasteiger charge is 2.53. The molecule has 0 bridgehead atoms. The van der Waals surface area contributed by atoms with E-state index in [0.717, 1.165) is 0 Å². The lowest BCUT2D eigenvalue weighted by Gasteiger charge is -2.26. The molecule has 7 heteroatoms. The molecule has 0 fully saturated rings. The maximum atomic E-state index is 12.7. The van der Waals surface area contributed by atoms with Crippen LogP contribution < -0.4 is 0 Å². The van der Waals surface area contributed by atoms with Gasteiger partial charge in [-0.15, -0.1) is 0 Å². The summed E-state index contributed by atoms with van der Waals surface area (Å²) in [5, 5.41) is 0. The highest BCUT2D eigenvalue weighted by Crippen LogP contribution is 2.39. The molecule has 0 aliphatic heterocycles. The molecule has 2 rings (SSSR count). The van der Waals surface area contributed by atoms with Crippen LogP contribution in [0.1, 0.15) is 15.9 Å². The van der Waals surface area contributed by atoms with Gasteiger partial charge in [-0.25, -0.2) is 8.42 Å². The van der Waals surface area contributed by atoms with Gasteiger partial charge in [-0.1, -0.05) is 60.7 Å². The van der Waals surface area contributed by atoms with Crippen molar-refractivity contribution < 1.29 is 17.0 Å². The van der Waals surface area contributed by atoms with Crippen LogP contribution in [0, 0.1) is 0 Å². The summed E-state index contributed by atoms with van der Waals surface area (Å²) in [6.45, 7) is 0. The molecule has 2 aromatic carbocycles. The van der Waals surface area contributed by atoms with E-state index < -0.39 is 19.8 Å². The van der Waals surface area contributed by atoms with Crippen LogP contribution in [0.3, 0.4) is 0 Å². The Morgan fingerprint density at radius 2 is 1.48 bits per heavy atom. The van der Waals surface area contributed by atoms with Crippen molar-refractivity contribution in [2.75, 3.05) is 0 Å². The van der Waals surface area contributed by atoms with Crippen LogP contribution >= 0.6 is 26.9 Å². The van der Waals surface area contributed by atoms with Crippen LogP contribution in [0.4, 0.5) is 0 Å². The first kappa shape index (κ1) is 16.2. The van der Waals surface area contributed by atoms with E-state index in [2.05, 4.69) is 16.3 Å². The molecule has 0 spiro atoms. The summed E-state index contributed by atoms with van der Waals surface area (Å²) >= 11 is 2.66. The Balaban J connectivity index is 2.71. The molecule has 1 atom stereocenters. The summed E-state index contributed by atoms with van der Waals surface area (Å²) in [5.74, 6) is -0.777. The van der Waals surface area contributed by atoms with Gasteiger partial charge in [0.05, 0.1) is 0 Å². The van der Waals surface area contributed by atoms with Crippen molar-refractivity contribution in [3.8, 4) is 0 Å². The Labute approximate surface area is 135 Å². The van der Waals surface area contributed by atoms with Crippen LogP contribution in [0.5, 0.6) is 0 Å². The zero-order valence-electron chi connectivity index (χ0n) is 10.6. The lowest BCUT2D eigenvalue weighted by atomic mass is 9.99. The van der Waals surface area contributed by atoms with Gasteiger partial charge in [-0.05, 0) is 0 Å². The fourth-order valence-electron chi connectivity index (χ4n) is 1.94. The minimum Gasteiger partial charge on any atom is -0.289 e. The monoisotopic (exact) mass is 388 g/mol. The van der Waals surface area contributed by atoms with Crippen molar-refractivity contribution in [3.05, 3.63) is 71.8 Å². The van der Waals surface area contributed by atoms with E-state index in [1.807, 2.05) is 0 Å². The number of Topliss-reactive ketones (excluding diaryl/α,β-unsaturated/α-hetero) is 1. The molecular formula is C14H10BrClO4S. The molecule has 0 amide bonds. The Morgan fingerprint density at radius 3 is 1.90 bits per heavy atom. The number of benzene rings is 2.